The Labute approximate surface area is 164 Å². The summed E-state index contributed by atoms with van der Waals surface area (Å²) in [7, 11) is 4.69. The third kappa shape index (κ3) is 5.68. The van der Waals surface area contributed by atoms with Crippen LogP contribution < -0.4 is 25.4 Å². The molecule has 146 valence electrons. The lowest BCUT2D eigenvalue weighted by Crippen LogP contribution is -2.35. The first-order valence-electron chi connectivity index (χ1n) is 8.61. The zero-order valence-electron chi connectivity index (χ0n) is 16.1. The van der Waals surface area contributed by atoms with E-state index < -0.39 is 0 Å². The van der Waals surface area contributed by atoms with Crippen LogP contribution in [-0.4, -0.2) is 39.8 Å². The molecule has 0 fully saturated rings. The summed E-state index contributed by atoms with van der Waals surface area (Å²) in [6, 6.07) is 12.1. The van der Waals surface area contributed by atoms with Gasteiger partial charge in [-0.3, -0.25) is 4.79 Å². The van der Waals surface area contributed by atoms with E-state index in [2.05, 4.69) is 27.8 Å². The first-order chi connectivity index (χ1) is 13.6. The first kappa shape index (κ1) is 20.6. The number of benzene rings is 2. The second kappa shape index (κ2) is 10.5. The van der Waals surface area contributed by atoms with Crippen LogP contribution in [0.2, 0.25) is 0 Å². The average Bonchev–Trinajstić information content (AvgIpc) is 2.74. The topological polar surface area (TPSA) is 88.7 Å². The van der Waals surface area contributed by atoms with Gasteiger partial charge in [0.1, 0.15) is 0 Å². The number of ether oxygens (including phenoxy) is 2. The van der Waals surface area contributed by atoms with Gasteiger partial charge in [0.15, 0.2) is 11.5 Å². The first-order valence-corrected chi connectivity index (χ1v) is 8.61. The minimum absolute atomic E-state index is 0.153. The van der Waals surface area contributed by atoms with E-state index in [1.807, 2.05) is 6.07 Å². The summed E-state index contributed by atoms with van der Waals surface area (Å²) in [5.74, 6) is 6.77. The molecule has 0 aliphatic heterocycles. The molecule has 0 bridgehead atoms. The zero-order valence-corrected chi connectivity index (χ0v) is 16.1. The molecule has 0 unspecified atom stereocenters. The van der Waals surface area contributed by atoms with Crippen molar-refractivity contribution in [3.63, 3.8) is 0 Å². The fourth-order valence-electron chi connectivity index (χ4n) is 2.42. The predicted octanol–water partition coefficient (Wildman–Crippen LogP) is 1.91. The molecule has 3 N–H and O–H groups in total. The summed E-state index contributed by atoms with van der Waals surface area (Å²) in [4.78, 5) is 23.7. The Morgan fingerprint density at radius 3 is 2.46 bits per heavy atom. The van der Waals surface area contributed by atoms with Gasteiger partial charge < -0.3 is 25.4 Å². The van der Waals surface area contributed by atoms with Gasteiger partial charge in [-0.25, -0.2) is 4.79 Å². The van der Waals surface area contributed by atoms with Crippen molar-refractivity contribution in [1.29, 1.82) is 0 Å². The molecule has 0 spiro atoms. The maximum Gasteiger partial charge on any atom is 0.315 e. The van der Waals surface area contributed by atoms with Crippen LogP contribution in [0, 0.1) is 11.8 Å². The van der Waals surface area contributed by atoms with Gasteiger partial charge in [-0.2, -0.15) is 0 Å². The van der Waals surface area contributed by atoms with Gasteiger partial charge >= 0.3 is 6.03 Å². The van der Waals surface area contributed by atoms with Crippen molar-refractivity contribution in [3.05, 3.63) is 59.2 Å². The number of urea groups is 1. The van der Waals surface area contributed by atoms with E-state index in [0.717, 1.165) is 5.56 Å². The van der Waals surface area contributed by atoms with Crippen LogP contribution in [0.3, 0.4) is 0 Å². The molecule has 2 aromatic carbocycles. The molecule has 0 atom stereocenters. The molecule has 7 nitrogen and oxygen atoms in total. The summed E-state index contributed by atoms with van der Waals surface area (Å²) in [5, 5.41) is 7.98. The highest BCUT2D eigenvalue weighted by molar-refractivity contribution is 5.96. The Morgan fingerprint density at radius 2 is 1.75 bits per heavy atom. The van der Waals surface area contributed by atoms with Crippen LogP contribution in [0.1, 0.15) is 21.5 Å². The normalized spacial score (nSPS) is 9.54. The third-order valence-electron chi connectivity index (χ3n) is 3.86. The lowest BCUT2D eigenvalue weighted by atomic mass is 10.1. The number of methoxy groups -OCH3 is 2. The zero-order chi connectivity index (χ0) is 20.4. The van der Waals surface area contributed by atoms with Gasteiger partial charge in [0.2, 0.25) is 0 Å². The molecule has 0 heterocycles. The second-order valence-electron chi connectivity index (χ2n) is 5.65. The number of amides is 3. The smallest absolute Gasteiger partial charge is 0.315 e. The molecule has 2 aromatic rings. The standard InChI is InChI=1S/C21H23N3O4/c1-22-20(25)17-9-5-4-7-16(17)8-6-12-23-21(26)24-14-15-10-11-18(27-2)19(13-15)28-3/h4-5,7,9-11,13H,12,14H2,1-3H3,(H,22,25)(H2,23,24,26). The highest BCUT2D eigenvalue weighted by Gasteiger charge is 2.07. The molecule has 3 amide bonds. The monoisotopic (exact) mass is 381 g/mol. The van der Waals surface area contributed by atoms with E-state index in [1.54, 1.807) is 57.7 Å². The fourth-order valence-corrected chi connectivity index (χ4v) is 2.42. The van der Waals surface area contributed by atoms with Crippen molar-refractivity contribution in [2.24, 2.45) is 0 Å². The summed E-state index contributed by atoms with van der Waals surface area (Å²) < 4.78 is 10.4. The van der Waals surface area contributed by atoms with Crippen LogP contribution >= 0.6 is 0 Å². The lowest BCUT2D eigenvalue weighted by Gasteiger charge is -2.10. The van der Waals surface area contributed by atoms with Gasteiger partial charge in [0.25, 0.3) is 5.91 Å². The van der Waals surface area contributed by atoms with Crippen molar-refractivity contribution in [1.82, 2.24) is 16.0 Å². The summed E-state index contributed by atoms with van der Waals surface area (Å²) >= 11 is 0. The minimum Gasteiger partial charge on any atom is -0.493 e. The van der Waals surface area contributed by atoms with Gasteiger partial charge in [0, 0.05) is 19.2 Å². The van der Waals surface area contributed by atoms with E-state index in [9.17, 15) is 9.59 Å². The van der Waals surface area contributed by atoms with Crippen molar-refractivity contribution < 1.29 is 19.1 Å². The van der Waals surface area contributed by atoms with Crippen LogP contribution in [0.15, 0.2) is 42.5 Å². The lowest BCUT2D eigenvalue weighted by molar-refractivity contribution is 0.0963. The Bertz CT molecular complexity index is 900. The molecule has 2 rings (SSSR count). The SMILES string of the molecule is CNC(=O)c1ccccc1C#CCNC(=O)NCc1ccc(OC)c(OC)c1. The number of carbonyl (C=O) groups is 2. The minimum atomic E-state index is -0.344. The number of nitrogens with one attached hydrogen (secondary N) is 3. The summed E-state index contributed by atoms with van der Waals surface area (Å²) in [6.07, 6.45) is 0. The largest absolute Gasteiger partial charge is 0.493 e. The van der Waals surface area contributed by atoms with Gasteiger partial charge in [0.05, 0.1) is 26.3 Å². The van der Waals surface area contributed by atoms with Crippen LogP contribution in [0.25, 0.3) is 0 Å². The van der Waals surface area contributed by atoms with E-state index in [0.29, 0.717) is 29.2 Å². The Hall–Kier alpha value is -3.66. The van der Waals surface area contributed by atoms with Gasteiger partial charge in [-0.1, -0.05) is 30.0 Å². The highest BCUT2D eigenvalue weighted by atomic mass is 16.5. The van der Waals surface area contributed by atoms with Crippen LogP contribution in [0.5, 0.6) is 11.5 Å². The van der Waals surface area contributed by atoms with Crippen LogP contribution in [-0.2, 0) is 6.54 Å². The van der Waals surface area contributed by atoms with E-state index in [-0.39, 0.29) is 18.5 Å². The van der Waals surface area contributed by atoms with E-state index in [4.69, 9.17) is 9.47 Å². The molecule has 0 aliphatic carbocycles. The number of hydrogen-bond acceptors (Lipinski definition) is 4. The predicted molar refractivity (Wildman–Crippen MR) is 106 cm³/mol. The van der Waals surface area contributed by atoms with Crippen molar-refractivity contribution in [3.8, 4) is 23.3 Å². The summed E-state index contributed by atoms with van der Waals surface area (Å²) in [5.41, 5.74) is 1.98. The quantitative estimate of drug-likeness (QED) is 0.667. The fraction of sp³-hybridized carbons (Fsp3) is 0.238. The average molecular weight is 381 g/mol. The molecular formula is C21H23N3O4. The number of rotatable bonds is 6. The highest BCUT2D eigenvalue weighted by Crippen LogP contribution is 2.27. The third-order valence-corrected chi connectivity index (χ3v) is 3.86. The Morgan fingerprint density at radius 1 is 1.00 bits per heavy atom. The molecular weight excluding hydrogens is 358 g/mol. The molecule has 0 aliphatic rings. The number of carbonyl (C=O) groups excluding carboxylic acids is 2. The second-order valence-corrected chi connectivity index (χ2v) is 5.65. The molecule has 0 aromatic heterocycles. The molecule has 28 heavy (non-hydrogen) atoms. The maximum absolute atomic E-state index is 11.9. The van der Waals surface area contributed by atoms with Crippen molar-refractivity contribution >= 4 is 11.9 Å². The van der Waals surface area contributed by atoms with E-state index >= 15 is 0 Å². The van der Waals surface area contributed by atoms with Crippen molar-refractivity contribution in [2.45, 2.75) is 6.54 Å². The number of hydrogen-bond donors (Lipinski definition) is 3. The molecule has 0 saturated heterocycles. The maximum atomic E-state index is 11.9. The Kier molecular flexibility index (Phi) is 7.73. The van der Waals surface area contributed by atoms with E-state index in [1.165, 1.54) is 0 Å². The van der Waals surface area contributed by atoms with Crippen molar-refractivity contribution in [2.75, 3.05) is 27.8 Å². The summed E-state index contributed by atoms with van der Waals surface area (Å²) in [6.45, 7) is 0.485. The van der Waals surface area contributed by atoms with Gasteiger partial charge in [-0.15, -0.1) is 0 Å². The molecule has 7 heteroatoms. The molecule has 0 saturated carbocycles. The molecule has 0 radical (unpaired) electrons. The van der Waals surface area contributed by atoms with Crippen LogP contribution in [0.4, 0.5) is 4.79 Å². The van der Waals surface area contributed by atoms with Gasteiger partial charge in [-0.05, 0) is 29.8 Å². The Balaban J connectivity index is 1.86.